The molecule has 0 aliphatic carbocycles. The van der Waals surface area contributed by atoms with Crippen molar-refractivity contribution in [1.82, 2.24) is 10.1 Å². The molecule has 20 heavy (non-hydrogen) atoms. The smallest absolute Gasteiger partial charge is 0.232 e. The molecular weight excluding hydrogens is 250 g/mol. The van der Waals surface area contributed by atoms with Crippen molar-refractivity contribution in [3.63, 3.8) is 0 Å². The standard InChI is InChI=1S/C16H23N3O/c1-5-16(17,11-12-9-7-6-8-10-12)13-18-14(20-19-13)15(2,3)4/h6-10H,5,11,17H2,1-4H3. The predicted molar refractivity (Wildman–Crippen MR) is 79.3 cm³/mol. The van der Waals surface area contributed by atoms with E-state index >= 15 is 0 Å². The highest BCUT2D eigenvalue weighted by Crippen LogP contribution is 2.27. The first-order valence-corrected chi connectivity index (χ1v) is 7.02. The van der Waals surface area contributed by atoms with Crippen LogP contribution in [0.25, 0.3) is 0 Å². The zero-order valence-corrected chi connectivity index (χ0v) is 12.7. The molecule has 0 bridgehead atoms. The summed E-state index contributed by atoms with van der Waals surface area (Å²) in [6.07, 6.45) is 1.46. The van der Waals surface area contributed by atoms with E-state index in [1.165, 1.54) is 5.56 Å². The predicted octanol–water partition coefficient (Wildman–Crippen LogP) is 3.17. The van der Waals surface area contributed by atoms with Gasteiger partial charge in [0, 0.05) is 5.41 Å². The van der Waals surface area contributed by atoms with Crippen LogP contribution in [0.4, 0.5) is 0 Å². The zero-order valence-electron chi connectivity index (χ0n) is 12.7. The number of benzene rings is 1. The molecule has 0 amide bonds. The maximum Gasteiger partial charge on any atom is 0.232 e. The Morgan fingerprint density at radius 1 is 1.15 bits per heavy atom. The lowest BCUT2D eigenvalue weighted by molar-refractivity contribution is 0.307. The van der Waals surface area contributed by atoms with E-state index in [-0.39, 0.29) is 5.41 Å². The van der Waals surface area contributed by atoms with Crippen LogP contribution in [-0.2, 0) is 17.4 Å². The average Bonchev–Trinajstić information content (AvgIpc) is 2.90. The summed E-state index contributed by atoms with van der Waals surface area (Å²) in [7, 11) is 0. The molecule has 1 aromatic heterocycles. The van der Waals surface area contributed by atoms with Gasteiger partial charge in [-0.2, -0.15) is 4.98 Å². The van der Waals surface area contributed by atoms with Crippen LogP contribution in [0.1, 0.15) is 51.4 Å². The van der Waals surface area contributed by atoms with Crippen molar-refractivity contribution in [1.29, 1.82) is 0 Å². The second-order valence-corrected chi connectivity index (χ2v) is 6.35. The molecule has 1 aromatic carbocycles. The van der Waals surface area contributed by atoms with Gasteiger partial charge >= 0.3 is 0 Å². The van der Waals surface area contributed by atoms with E-state index in [4.69, 9.17) is 10.3 Å². The third-order valence-electron chi connectivity index (χ3n) is 3.51. The number of nitrogens with zero attached hydrogens (tertiary/aromatic N) is 2. The number of rotatable bonds is 4. The summed E-state index contributed by atoms with van der Waals surface area (Å²) in [4.78, 5) is 4.52. The molecule has 108 valence electrons. The SMILES string of the molecule is CCC(N)(Cc1ccccc1)c1noc(C(C)(C)C)n1. The first-order valence-electron chi connectivity index (χ1n) is 7.02. The largest absolute Gasteiger partial charge is 0.339 e. The van der Waals surface area contributed by atoms with Crippen molar-refractivity contribution < 1.29 is 4.52 Å². The van der Waals surface area contributed by atoms with Gasteiger partial charge in [0.2, 0.25) is 5.89 Å². The van der Waals surface area contributed by atoms with E-state index in [1.807, 2.05) is 39.0 Å². The van der Waals surface area contributed by atoms with Gasteiger partial charge in [-0.25, -0.2) is 0 Å². The molecule has 2 aromatic rings. The average molecular weight is 273 g/mol. The lowest BCUT2D eigenvalue weighted by atomic mass is 9.88. The van der Waals surface area contributed by atoms with E-state index in [0.717, 1.165) is 6.42 Å². The molecule has 2 N–H and O–H groups in total. The van der Waals surface area contributed by atoms with Crippen molar-refractivity contribution in [3.05, 3.63) is 47.6 Å². The van der Waals surface area contributed by atoms with Crippen molar-refractivity contribution >= 4 is 0 Å². The highest BCUT2D eigenvalue weighted by molar-refractivity contribution is 5.20. The molecule has 0 spiro atoms. The summed E-state index contributed by atoms with van der Waals surface area (Å²) in [5, 5.41) is 4.11. The van der Waals surface area contributed by atoms with Crippen LogP contribution in [-0.4, -0.2) is 10.1 Å². The molecule has 0 saturated heterocycles. The molecule has 0 aliphatic heterocycles. The minimum atomic E-state index is -0.589. The lowest BCUT2D eigenvalue weighted by Gasteiger charge is -2.24. The second kappa shape index (κ2) is 5.37. The van der Waals surface area contributed by atoms with E-state index in [0.29, 0.717) is 18.1 Å². The van der Waals surface area contributed by atoms with Crippen LogP contribution in [0.2, 0.25) is 0 Å². The molecule has 0 saturated carbocycles. The fourth-order valence-corrected chi connectivity index (χ4v) is 2.05. The Hall–Kier alpha value is -1.68. The molecule has 4 nitrogen and oxygen atoms in total. The van der Waals surface area contributed by atoms with E-state index < -0.39 is 5.54 Å². The molecule has 0 radical (unpaired) electrons. The summed E-state index contributed by atoms with van der Waals surface area (Å²) in [5.41, 5.74) is 6.95. The number of nitrogens with two attached hydrogens (primary N) is 1. The summed E-state index contributed by atoms with van der Waals surface area (Å²) >= 11 is 0. The molecule has 1 atom stereocenters. The molecule has 0 fully saturated rings. The lowest BCUT2D eigenvalue weighted by Crippen LogP contribution is -2.39. The Morgan fingerprint density at radius 2 is 1.80 bits per heavy atom. The monoisotopic (exact) mass is 273 g/mol. The Morgan fingerprint density at radius 3 is 2.30 bits per heavy atom. The van der Waals surface area contributed by atoms with Gasteiger partial charge in [-0.05, 0) is 18.4 Å². The van der Waals surface area contributed by atoms with Crippen LogP contribution in [0.5, 0.6) is 0 Å². The van der Waals surface area contributed by atoms with E-state index in [9.17, 15) is 0 Å². The number of hydrogen-bond donors (Lipinski definition) is 1. The second-order valence-electron chi connectivity index (χ2n) is 6.35. The topological polar surface area (TPSA) is 64.9 Å². The molecule has 2 rings (SSSR count). The van der Waals surface area contributed by atoms with Crippen molar-refractivity contribution in [2.75, 3.05) is 0 Å². The van der Waals surface area contributed by atoms with Gasteiger partial charge in [-0.1, -0.05) is 63.2 Å². The fourth-order valence-electron chi connectivity index (χ4n) is 2.05. The summed E-state index contributed by atoms with van der Waals surface area (Å²) in [6.45, 7) is 8.19. The summed E-state index contributed by atoms with van der Waals surface area (Å²) in [6, 6.07) is 10.2. The Kier molecular flexibility index (Phi) is 3.95. The van der Waals surface area contributed by atoms with Crippen molar-refractivity contribution in [2.45, 2.75) is 51.5 Å². The summed E-state index contributed by atoms with van der Waals surface area (Å²) < 4.78 is 5.37. The van der Waals surface area contributed by atoms with Crippen LogP contribution in [0.15, 0.2) is 34.9 Å². The molecule has 1 unspecified atom stereocenters. The Balaban J connectivity index is 2.29. The third-order valence-corrected chi connectivity index (χ3v) is 3.51. The van der Waals surface area contributed by atoms with Crippen molar-refractivity contribution in [3.8, 4) is 0 Å². The Bertz CT molecular complexity index is 557. The quantitative estimate of drug-likeness (QED) is 0.929. The normalized spacial score (nSPS) is 15.1. The van der Waals surface area contributed by atoms with Gasteiger partial charge in [0.1, 0.15) is 0 Å². The molecule has 4 heteroatoms. The summed E-state index contributed by atoms with van der Waals surface area (Å²) in [5.74, 6) is 1.22. The molecule has 1 heterocycles. The Labute approximate surface area is 120 Å². The number of hydrogen-bond acceptors (Lipinski definition) is 4. The molecule has 0 aliphatic rings. The van der Waals surface area contributed by atoms with Crippen molar-refractivity contribution in [2.24, 2.45) is 5.73 Å². The van der Waals surface area contributed by atoms with Crippen LogP contribution in [0.3, 0.4) is 0 Å². The number of aromatic nitrogens is 2. The minimum Gasteiger partial charge on any atom is -0.339 e. The van der Waals surface area contributed by atoms with E-state index in [2.05, 4.69) is 29.2 Å². The zero-order chi connectivity index (χ0) is 14.8. The van der Waals surface area contributed by atoms with Crippen LogP contribution in [0, 0.1) is 0 Å². The molecular formula is C16H23N3O. The van der Waals surface area contributed by atoms with Crippen LogP contribution < -0.4 is 5.73 Å². The van der Waals surface area contributed by atoms with Gasteiger partial charge in [-0.3, -0.25) is 0 Å². The highest BCUT2D eigenvalue weighted by Gasteiger charge is 2.33. The fraction of sp³-hybridized carbons (Fsp3) is 0.500. The maximum absolute atomic E-state index is 6.52. The minimum absolute atomic E-state index is 0.160. The highest BCUT2D eigenvalue weighted by atomic mass is 16.5. The van der Waals surface area contributed by atoms with Gasteiger partial charge in [0.15, 0.2) is 5.82 Å². The van der Waals surface area contributed by atoms with E-state index in [1.54, 1.807) is 0 Å². The first-order chi connectivity index (χ1) is 9.35. The first kappa shape index (κ1) is 14.7. The van der Waals surface area contributed by atoms with Gasteiger partial charge in [-0.15, -0.1) is 0 Å². The van der Waals surface area contributed by atoms with Gasteiger partial charge in [0.25, 0.3) is 0 Å². The van der Waals surface area contributed by atoms with Crippen LogP contribution >= 0.6 is 0 Å². The third kappa shape index (κ3) is 3.07. The van der Waals surface area contributed by atoms with Gasteiger partial charge < -0.3 is 10.3 Å². The maximum atomic E-state index is 6.52. The van der Waals surface area contributed by atoms with Gasteiger partial charge in [0.05, 0.1) is 5.54 Å².